The van der Waals surface area contributed by atoms with E-state index in [9.17, 15) is 9.90 Å². The fourth-order valence-corrected chi connectivity index (χ4v) is 2.49. The second-order valence-corrected chi connectivity index (χ2v) is 5.05. The molecule has 22 heavy (non-hydrogen) atoms. The lowest BCUT2D eigenvalue weighted by atomic mass is 9.99. The number of phenols is 1. The zero-order valence-electron chi connectivity index (χ0n) is 12.2. The molecule has 0 saturated heterocycles. The Labute approximate surface area is 128 Å². The number of aromatic hydroxyl groups is 1. The second kappa shape index (κ2) is 5.90. The van der Waals surface area contributed by atoms with Gasteiger partial charge in [-0.3, -0.25) is 4.79 Å². The van der Waals surface area contributed by atoms with Crippen molar-refractivity contribution in [2.75, 3.05) is 6.61 Å². The summed E-state index contributed by atoms with van der Waals surface area (Å²) in [7, 11) is 0. The van der Waals surface area contributed by atoms with Gasteiger partial charge in [-0.1, -0.05) is 24.3 Å². The lowest BCUT2D eigenvalue weighted by Crippen LogP contribution is -1.90. The Balaban J connectivity index is 2.05. The summed E-state index contributed by atoms with van der Waals surface area (Å²) in [6.07, 6.45) is 0.661. The molecule has 0 unspecified atom stereocenters. The van der Waals surface area contributed by atoms with Gasteiger partial charge in [0.15, 0.2) is 6.29 Å². The molecule has 0 saturated carbocycles. The van der Waals surface area contributed by atoms with Gasteiger partial charge in [-0.25, -0.2) is 0 Å². The van der Waals surface area contributed by atoms with E-state index in [4.69, 9.17) is 4.74 Å². The molecule has 0 fully saturated rings. The van der Waals surface area contributed by atoms with Gasteiger partial charge >= 0.3 is 0 Å². The molecule has 0 heterocycles. The van der Waals surface area contributed by atoms with Gasteiger partial charge in [-0.15, -0.1) is 0 Å². The molecule has 0 aromatic heterocycles. The van der Waals surface area contributed by atoms with Gasteiger partial charge < -0.3 is 9.84 Å². The van der Waals surface area contributed by atoms with E-state index in [0.717, 1.165) is 27.6 Å². The Bertz CT molecular complexity index is 837. The number of hydrogen-bond donors (Lipinski definition) is 1. The molecule has 0 aliphatic heterocycles. The second-order valence-electron chi connectivity index (χ2n) is 5.05. The van der Waals surface area contributed by atoms with Crippen molar-refractivity contribution in [1.29, 1.82) is 0 Å². The van der Waals surface area contributed by atoms with E-state index in [0.29, 0.717) is 18.5 Å². The van der Waals surface area contributed by atoms with Crippen LogP contribution in [0.3, 0.4) is 0 Å². The molecular formula is C19H16O3. The van der Waals surface area contributed by atoms with Crippen LogP contribution in [0.5, 0.6) is 11.5 Å². The molecule has 3 rings (SSSR count). The van der Waals surface area contributed by atoms with Gasteiger partial charge in [0, 0.05) is 0 Å². The van der Waals surface area contributed by atoms with E-state index in [-0.39, 0.29) is 5.75 Å². The largest absolute Gasteiger partial charge is 0.507 e. The van der Waals surface area contributed by atoms with Crippen LogP contribution in [0.25, 0.3) is 21.9 Å². The van der Waals surface area contributed by atoms with Crippen LogP contribution in [0.1, 0.15) is 17.3 Å². The molecule has 3 nitrogen and oxygen atoms in total. The molecule has 0 spiro atoms. The van der Waals surface area contributed by atoms with E-state index in [2.05, 4.69) is 6.07 Å². The zero-order chi connectivity index (χ0) is 15.5. The highest BCUT2D eigenvalue weighted by atomic mass is 16.5. The van der Waals surface area contributed by atoms with Crippen molar-refractivity contribution < 1.29 is 14.6 Å². The third-order valence-electron chi connectivity index (χ3n) is 3.61. The van der Waals surface area contributed by atoms with Gasteiger partial charge in [0.2, 0.25) is 0 Å². The minimum Gasteiger partial charge on any atom is -0.507 e. The highest BCUT2D eigenvalue weighted by molar-refractivity contribution is 5.89. The Hall–Kier alpha value is -2.81. The van der Waals surface area contributed by atoms with Crippen LogP contribution < -0.4 is 4.74 Å². The zero-order valence-corrected chi connectivity index (χ0v) is 12.2. The first-order chi connectivity index (χ1) is 10.7. The molecule has 0 amide bonds. The quantitative estimate of drug-likeness (QED) is 0.724. The molecule has 0 radical (unpaired) electrons. The molecule has 3 aromatic carbocycles. The van der Waals surface area contributed by atoms with E-state index in [1.54, 1.807) is 18.2 Å². The van der Waals surface area contributed by atoms with Crippen LogP contribution >= 0.6 is 0 Å². The Morgan fingerprint density at radius 2 is 1.64 bits per heavy atom. The first-order valence-corrected chi connectivity index (χ1v) is 7.16. The summed E-state index contributed by atoms with van der Waals surface area (Å²) in [5, 5.41) is 11.8. The molecule has 3 aromatic rings. The SMILES string of the molecule is CCOc1ccc2cc(-c3ccc(O)c(C=O)c3)ccc2c1. The fourth-order valence-electron chi connectivity index (χ4n) is 2.49. The van der Waals surface area contributed by atoms with Gasteiger partial charge in [-0.05, 0) is 59.2 Å². The summed E-state index contributed by atoms with van der Waals surface area (Å²) < 4.78 is 5.51. The number of carbonyl (C=O) groups is 1. The molecular weight excluding hydrogens is 276 g/mol. The van der Waals surface area contributed by atoms with E-state index < -0.39 is 0 Å². The predicted molar refractivity (Wildman–Crippen MR) is 87.6 cm³/mol. The topological polar surface area (TPSA) is 46.5 Å². The summed E-state index contributed by atoms with van der Waals surface area (Å²) in [4.78, 5) is 10.9. The van der Waals surface area contributed by atoms with Crippen molar-refractivity contribution in [1.82, 2.24) is 0 Å². The van der Waals surface area contributed by atoms with Crippen LogP contribution in [-0.2, 0) is 0 Å². The highest BCUT2D eigenvalue weighted by Crippen LogP contribution is 2.29. The number of benzene rings is 3. The van der Waals surface area contributed by atoms with Crippen LogP contribution in [0.4, 0.5) is 0 Å². The maximum absolute atomic E-state index is 10.9. The van der Waals surface area contributed by atoms with Crippen LogP contribution in [0.2, 0.25) is 0 Å². The van der Waals surface area contributed by atoms with E-state index >= 15 is 0 Å². The first kappa shape index (κ1) is 14.1. The number of ether oxygens (including phenoxy) is 1. The fraction of sp³-hybridized carbons (Fsp3) is 0.105. The number of phenolic OH excluding ortho intramolecular Hbond substituents is 1. The Morgan fingerprint density at radius 3 is 2.41 bits per heavy atom. The summed E-state index contributed by atoms with van der Waals surface area (Å²) in [6, 6.07) is 17.1. The van der Waals surface area contributed by atoms with Gasteiger partial charge in [0.05, 0.1) is 12.2 Å². The van der Waals surface area contributed by atoms with Crippen molar-refractivity contribution in [2.45, 2.75) is 6.92 Å². The summed E-state index contributed by atoms with van der Waals surface area (Å²) >= 11 is 0. The summed E-state index contributed by atoms with van der Waals surface area (Å²) in [5.41, 5.74) is 2.19. The van der Waals surface area contributed by atoms with Crippen LogP contribution in [0, 0.1) is 0 Å². The molecule has 0 bridgehead atoms. The van der Waals surface area contributed by atoms with Crippen molar-refractivity contribution in [3.63, 3.8) is 0 Å². The minimum absolute atomic E-state index is 0.000829. The van der Waals surface area contributed by atoms with Crippen molar-refractivity contribution in [3.05, 3.63) is 60.2 Å². The molecule has 3 heteroatoms. The van der Waals surface area contributed by atoms with E-state index in [1.165, 1.54) is 0 Å². The third kappa shape index (κ3) is 2.66. The number of carbonyl (C=O) groups excluding carboxylic acids is 1. The van der Waals surface area contributed by atoms with Gasteiger partial charge in [0.1, 0.15) is 11.5 Å². The number of aldehydes is 1. The smallest absolute Gasteiger partial charge is 0.153 e. The number of rotatable bonds is 4. The molecule has 0 aliphatic rings. The molecule has 1 N–H and O–H groups in total. The predicted octanol–water partition coefficient (Wildman–Crippen LogP) is 4.42. The summed E-state index contributed by atoms with van der Waals surface area (Å²) in [5.74, 6) is 0.858. The first-order valence-electron chi connectivity index (χ1n) is 7.16. The van der Waals surface area contributed by atoms with E-state index in [1.807, 2.05) is 37.3 Å². The average Bonchev–Trinajstić information content (AvgIpc) is 2.55. The van der Waals surface area contributed by atoms with Crippen molar-refractivity contribution in [3.8, 4) is 22.6 Å². The Morgan fingerprint density at radius 1 is 0.955 bits per heavy atom. The minimum atomic E-state index is 0.000829. The van der Waals surface area contributed by atoms with Crippen LogP contribution in [-0.4, -0.2) is 18.0 Å². The standard InChI is InChI=1S/C19H16O3/c1-2-22-18-7-5-14-9-13(3-4-16(14)11-18)15-6-8-19(21)17(10-15)12-20/h3-12,21H,2H2,1H3. The maximum Gasteiger partial charge on any atom is 0.153 e. The van der Waals surface area contributed by atoms with Gasteiger partial charge in [-0.2, -0.15) is 0 Å². The normalized spacial score (nSPS) is 10.6. The lowest BCUT2D eigenvalue weighted by molar-refractivity contribution is 0.112. The average molecular weight is 292 g/mol. The molecule has 0 aliphatic carbocycles. The van der Waals surface area contributed by atoms with Crippen molar-refractivity contribution in [2.24, 2.45) is 0 Å². The highest BCUT2D eigenvalue weighted by Gasteiger charge is 2.05. The van der Waals surface area contributed by atoms with Gasteiger partial charge in [0.25, 0.3) is 0 Å². The molecule has 0 atom stereocenters. The van der Waals surface area contributed by atoms with Crippen molar-refractivity contribution >= 4 is 17.1 Å². The Kier molecular flexibility index (Phi) is 3.79. The molecule has 110 valence electrons. The summed E-state index contributed by atoms with van der Waals surface area (Å²) in [6.45, 7) is 2.61. The maximum atomic E-state index is 10.9. The third-order valence-corrected chi connectivity index (χ3v) is 3.61. The van der Waals surface area contributed by atoms with Crippen LogP contribution in [0.15, 0.2) is 54.6 Å². The number of fused-ring (bicyclic) bond motifs is 1. The lowest BCUT2D eigenvalue weighted by Gasteiger charge is -2.08. The monoisotopic (exact) mass is 292 g/mol. The number of hydrogen-bond acceptors (Lipinski definition) is 3.